The fraction of sp³-hybridized carbons (Fsp3) is 0.188. The number of aromatic nitrogens is 4. The van der Waals surface area contributed by atoms with Crippen LogP contribution >= 0.6 is 11.8 Å². The van der Waals surface area contributed by atoms with E-state index in [-0.39, 0.29) is 0 Å². The monoisotopic (exact) mass is 296 g/mol. The normalized spacial score (nSPS) is 10.7. The number of hydrogen-bond donors (Lipinski definition) is 0. The molecule has 0 atom stereocenters. The molecule has 0 aliphatic heterocycles. The fourth-order valence-corrected chi connectivity index (χ4v) is 3.08. The summed E-state index contributed by atoms with van der Waals surface area (Å²) in [5, 5.41) is 9.62. The molecule has 21 heavy (non-hydrogen) atoms. The van der Waals surface area contributed by atoms with Gasteiger partial charge in [-0.05, 0) is 24.6 Å². The van der Waals surface area contributed by atoms with Crippen LogP contribution in [0, 0.1) is 0 Å². The van der Waals surface area contributed by atoms with Crippen LogP contribution in [0.15, 0.2) is 60.0 Å². The lowest BCUT2D eigenvalue weighted by Gasteiger charge is -2.07. The van der Waals surface area contributed by atoms with E-state index in [0.717, 1.165) is 28.8 Å². The molecule has 2 aromatic heterocycles. The molecule has 5 heteroatoms. The van der Waals surface area contributed by atoms with Gasteiger partial charge in [-0.3, -0.25) is 4.98 Å². The van der Waals surface area contributed by atoms with Crippen molar-refractivity contribution >= 4 is 11.8 Å². The van der Waals surface area contributed by atoms with Crippen LogP contribution in [0.25, 0.3) is 11.4 Å². The first-order valence-electron chi connectivity index (χ1n) is 6.89. The minimum Gasteiger partial charge on any atom is -0.302 e. The number of hydrogen-bond acceptors (Lipinski definition) is 4. The molecule has 0 unspecified atom stereocenters. The number of benzene rings is 1. The van der Waals surface area contributed by atoms with Crippen LogP contribution in [0.4, 0.5) is 0 Å². The van der Waals surface area contributed by atoms with E-state index in [0.29, 0.717) is 0 Å². The maximum atomic E-state index is 4.33. The lowest BCUT2D eigenvalue weighted by Crippen LogP contribution is -1.99. The molecule has 4 nitrogen and oxygen atoms in total. The first kappa shape index (κ1) is 13.8. The molecular formula is C16H16N4S. The van der Waals surface area contributed by atoms with Gasteiger partial charge in [0.2, 0.25) is 0 Å². The van der Waals surface area contributed by atoms with Crippen molar-refractivity contribution in [2.24, 2.45) is 0 Å². The second-order valence-electron chi connectivity index (χ2n) is 4.56. The van der Waals surface area contributed by atoms with Gasteiger partial charge in [0.05, 0.1) is 0 Å². The minimum atomic E-state index is 0.849. The van der Waals surface area contributed by atoms with Gasteiger partial charge in [-0.25, -0.2) is 0 Å². The van der Waals surface area contributed by atoms with Crippen molar-refractivity contribution in [2.75, 3.05) is 0 Å². The highest BCUT2D eigenvalue weighted by atomic mass is 32.2. The molecule has 0 saturated heterocycles. The molecule has 0 aliphatic carbocycles. The molecule has 0 bridgehead atoms. The third kappa shape index (κ3) is 3.13. The third-order valence-corrected chi connectivity index (χ3v) is 4.22. The average Bonchev–Trinajstić information content (AvgIpc) is 2.97. The quantitative estimate of drug-likeness (QED) is 0.674. The van der Waals surface area contributed by atoms with Crippen LogP contribution < -0.4 is 0 Å². The summed E-state index contributed by atoms with van der Waals surface area (Å²) in [6.45, 7) is 2.96. The van der Waals surface area contributed by atoms with Gasteiger partial charge < -0.3 is 4.57 Å². The zero-order valence-corrected chi connectivity index (χ0v) is 12.6. The van der Waals surface area contributed by atoms with Crippen LogP contribution in [0.1, 0.15) is 12.5 Å². The molecule has 1 aromatic carbocycles. The van der Waals surface area contributed by atoms with Crippen molar-refractivity contribution in [1.29, 1.82) is 0 Å². The van der Waals surface area contributed by atoms with E-state index < -0.39 is 0 Å². The summed E-state index contributed by atoms with van der Waals surface area (Å²) >= 11 is 1.71. The van der Waals surface area contributed by atoms with Gasteiger partial charge in [0.1, 0.15) is 0 Å². The Morgan fingerprint density at radius 1 is 1.00 bits per heavy atom. The Balaban J connectivity index is 1.82. The van der Waals surface area contributed by atoms with Gasteiger partial charge in [0, 0.05) is 30.3 Å². The molecule has 106 valence electrons. The average molecular weight is 296 g/mol. The van der Waals surface area contributed by atoms with Gasteiger partial charge in [-0.15, -0.1) is 10.2 Å². The Kier molecular flexibility index (Phi) is 4.31. The zero-order valence-electron chi connectivity index (χ0n) is 11.8. The molecule has 2 heterocycles. The zero-order chi connectivity index (χ0) is 14.5. The molecule has 0 saturated carbocycles. The molecule has 0 aliphatic rings. The van der Waals surface area contributed by atoms with Crippen LogP contribution in [0.2, 0.25) is 0 Å². The highest BCUT2D eigenvalue weighted by molar-refractivity contribution is 7.98. The lowest BCUT2D eigenvalue weighted by atomic mass is 10.2. The molecule has 0 N–H and O–H groups in total. The molecular weight excluding hydrogens is 280 g/mol. The number of rotatable bonds is 5. The number of pyridine rings is 1. The maximum Gasteiger partial charge on any atom is 0.191 e. The Hall–Kier alpha value is -2.14. The summed E-state index contributed by atoms with van der Waals surface area (Å²) in [6, 6.07) is 14.3. The van der Waals surface area contributed by atoms with Crippen LogP contribution in [-0.4, -0.2) is 19.7 Å². The van der Waals surface area contributed by atoms with Gasteiger partial charge in [0.25, 0.3) is 0 Å². The summed E-state index contributed by atoms with van der Waals surface area (Å²) in [4.78, 5) is 4.05. The second-order valence-corrected chi connectivity index (χ2v) is 5.50. The Bertz CT molecular complexity index is 695. The van der Waals surface area contributed by atoms with E-state index in [9.17, 15) is 0 Å². The highest BCUT2D eigenvalue weighted by Crippen LogP contribution is 2.25. The second kappa shape index (κ2) is 6.54. The van der Waals surface area contributed by atoms with E-state index in [1.165, 1.54) is 5.56 Å². The van der Waals surface area contributed by atoms with Crippen LogP contribution in [-0.2, 0) is 12.3 Å². The predicted octanol–water partition coefficient (Wildman–Crippen LogP) is 3.65. The van der Waals surface area contributed by atoms with Crippen molar-refractivity contribution < 1.29 is 0 Å². The minimum absolute atomic E-state index is 0.849. The largest absolute Gasteiger partial charge is 0.302 e. The topological polar surface area (TPSA) is 43.6 Å². The summed E-state index contributed by atoms with van der Waals surface area (Å²) < 4.78 is 2.14. The molecule has 0 spiro atoms. The van der Waals surface area contributed by atoms with E-state index in [2.05, 4.69) is 50.9 Å². The van der Waals surface area contributed by atoms with E-state index in [1.54, 1.807) is 24.2 Å². The number of nitrogens with zero attached hydrogens (tertiary/aromatic N) is 4. The Morgan fingerprint density at radius 3 is 2.48 bits per heavy atom. The van der Waals surface area contributed by atoms with Crippen molar-refractivity contribution in [2.45, 2.75) is 24.4 Å². The molecule has 3 rings (SSSR count). The summed E-state index contributed by atoms with van der Waals surface area (Å²) in [6.07, 6.45) is 3.56. The van der Waals surface area contributed by atoms with Crippen molar-refractivity contribution in [3.63, 3.8) is 0 Å². The fourth-order valence-electron chi connectivity index (χ4n) is 2.12. The number of thioether (sulfide) groups is 1. The maximum absolute atomic E-state index is 4.33. The smallest absolute Gasteiger partial charge is 0.191 e. The first-order valence-corrected chi connectivity index (χ1v) is 7.87. The van der Waals surface area contributed by atoms with Gasteiger partial charge in [-0.1, -0.05) is 42.1 Å². The van der Waals surface area contributed by atoms with Gasteiger partial charge >= 0.3 is 0 Å². The van der Waals surface area contributed by atoms with Crippen LogP contribution in [0.3, 0.4) is 0 Å². The molecule has 3 aromatic rings. The SMILES string of the molecule is CCn1c(SCc2ccccc2)nnc1-c1ccncc1. The standard InChI is InChI=1S/C16H16N4S/c1-2-20-15(14-8-10-17-11-9-14)18-19-16(20)21-12-13-6-4-3-5-7-13/h3-11H,2,12H2,1H3. The van der Waals surface area contributed by atoms with Crippen molar-refractivity contribution in [3.05, 3.63) is 60.4 Å². The Labute approximate surface area is 128 Å². The molecule has 0 radical (unpaired) electrons. The molecule has 0 amide bonds. The Morgan fingerprint density at radius 2 is 1.76 bits per heavy atom. The predicted molar refractivity (Wildman–Crippen MR) is 84.9 cm³/mol. The first-order chi connectivity index (χ1) is 10.4. The summed E-state index contributed by atoms with van der Waals surface area (Å²) in [5.41, 5.74) is 2.34. The van der Waals surface area contributed by atoms with Crippen molar-refractivity contribution in [1.82, 2.24) is 19.7 Å². The van der Waals surface area contributed by atoms with Crippen LogP contribution in [0.5, 0.6) is 0 Å². The third-order valence-electron chi connectivity index (χ3n) is 3.18. The van der Waals surface area contributed by atoms with E-state index in [4.69, 9.17) is 0 Å². The molecule has 0 fully saturated rings. The highest BCUT2D eigenvalue weighted by Gasteiger charge is 2.12. The summed E-state index contributed by atoms with van der Waals surface area (Å²) in [5.74, 6) is 1.80. The van der Waals surface area contributed by atoms with Gasteiger partial charge in [-0.2, -0.15) is 0 Å². The summed E-state index contributed by atoms with van der Waals surface area (Å²) in [7, 11) is 0. The van der Waals surface area contributed by atoms with Crippen molar-refractivity contribution in [3.8, 4) is 11.4 Å². The van der Waals surface area contributed by atoms with E-state index in [1.807, 2.05) is 18.2 Å². The van der Waals surface area contributed by atoms with Gasteiger partial charge in [0.15, 0.2) is 11.0 Å². The van der Waals surface area contributed by atoms with E-state index >= 15 is 0 Å². The lowest BCUT2D eigenvalue weighted by molar-refractivity contribution is 0.687.